The maximum Gasteiger partial charge on any atom is 0.0541 e. The lowest BCUT2D eigenvalue weighted by Crippen LogP contribution is -2.13. The van der Waals surface area contributed by atoms with Gasteiger partial charge in [0.2, 0.25) is 0 Å². The average molecular weight is 713 g/mol. The largest absolute Gasteiger partial charge is 0.309 e. The Morgan fingerprint density at radius 1 is 0.357 bits per heavy atom. The Bertz CT molecular complexity index is 3310. The smallest absolute Gasteiger partial charge is 0.0541 e. The van der Waals surface area contributed by atoms with E-state index >= 15 is 0 Å². The molecule has 2 aromatic heterocycles. The summed E-state index contributed by atoms with van der Waals surface area (Å²) in [5, 5.41) is 7.63. The zero-order chi connectivity index (χ0) is 36.7. The molecule has 0 amide bonds. The summed E-state index contributed by atoms with van der Waals surface area (Å²) in [6.07, 6.45) is 13.7. The Balaban J connectivity index is 0.956. The van der Waals surface area contributed by atoms with E-state index in [-0.39, 0.29) is 0 Å². The first kappa shape index (κ1) is 31.2. The number of nitrogens with zero attached hydrogens (tertiary/aromatic N) is 2. The molecule has 2 heteroatoms. The first-order valence-corrected chi connectivity index (χ1v) is 19.6. The van der Waals surface area contributed by atoms with E-state index in [1.807, 2.05) is 0 Å². The summed E-state index contributed by atoms with van der Waals surface area (Å²) in [6, 6.07) is 62.8. The van der Waals surface area contributed by atoms with E-state index in [1.54, 1.807) is 0 Å². The molecule has 2 atom stereocenters. The SMILES string of the molecule is C1=CC2C=Cc3c(ccc4cc(-c5cccc(-n6c7ccccc7c7cc(-c8ccc9c(c8)c8ccccc8n9-c8ccccc8)ccc76)c5)ccc34)C2C=C1. The molecular formula is C54H36N2. The van der Waals surface area contributed by atoms with E-state index in [0.717, 1.165) is 5.69 Å². The van der Waals surface area contributed by atoms with E-state index < -0.39 is 0 Å². The summed E-state index contributed by atoms with van der Waals surface area (Å²) >= 11 is 0. The summed E-state index contributed by atoms with van der Waals surface area (Å²) in [5.74, 6) is 0.864. The second-order valence-electron chi connectivity index (χ2n) is 15.3. The van der Waals surface area contributed by atoms with Gasteiger partial charge in [-0.05, 0) is 111 Å². The van der Waals surface area contributed by atoms with Crippen LogP contribution in [0.2, 0.25) is 0 Å². The van der Waals surface area contributed by atoms with Crippen molar-refractivity contribution in [1.29, 1.82) is 0 Å². The number of benzene rings is 8. The molecule has 0 N–H and O–H groups in total. The molecule has 0 spiro atoms. The molecule has 0 saturated carbocycles. The van der Waals surface area contributed by atoms with Crippen LogP contribution in [0.25, 0.3) is 94.1 Å². The molecule has 2 aliphatic carbocycles. The van der Waals surface area contributed by atoms with Gasteiger partial charge in [0.05, 0.1) is 22.1 Å². The number of para-hydroxylation sites is 3. The molecule has 0 aliphatic heterocycles. The fourth-order valence-electron chi connectivity index (χ4n) is 9.62. The lowest BCUT2D eigenvalue weighted by molar-refractivity contribution is 0.693. The molecule has 2 heterocycles. The van der Waals surface area contributed by atoms with Crippen molar-refractivity contribution < 1.29 is 0 Å². The van der Waals surface area contributed by atoms with Crippen LogP contribution in [0, 0.1) is 5.92 Å². The fourth-order valence-corrected chi connectivity index (χ4v) is 9.62. The van der Waals surface area contributed by atoms with Crippen LogP contribution in [0.5, 0.6) is 0 Å². The average Bonchev–Trinajstić information content (AvgIpc) is 3.78. The van der Waals surface area contributed by atoms with Crippen molar-refractivity contribution in [2.24, 2.45) is 5.92 Å². The Morgan fingerprint density at radius 2 is 0.946 bits per heavy atom. The van der Waals surface area contributed by atoms with Gasteiger partial charge in [-0.1, -0.05) is 140 Å². The minimum atomic E-state index is 0.417. The van der Waals surface area contributed by atoms with Crippen LogP contribution in [0.4, 0.5) is 0 Å². The van der Waals surface area contributed by atoms with Gasteiger partial charge in [-0.15, -0.1) is 0 Å². The van der Waals surface area contributed by atoms with Crippen LogP contribution >= 0.6 is 0 Å². The summed E-state index contributed by atoms with van der Waals surface area (Å²) in [6.45, 7) is 0. The zero-order valence-corrected chi connectivity index (χ0v) is 30.7. The van der Waals surface area contributed by atoms with Crippen LogP contribution in [-0.2, 0) is 0 Å². The normalized spacial score (nSPS) is 16.0. The molecule has 0 fully saturated rings. The molecule has 12 rings (SSSR count). The Hall–Kier alpha value is -7.16. The van der Waals surface area contributed by atoms with Gasteiger partial charge in [-0.3, -0.25) is 0 Å². The molecule has 262 valence electrons. The van der Waals surface area contributed by atoms with Gasteiger partial charge in [0.25, 0.3) is 0 Å². The highest BCUT2D eigenvalue weighted by molar-refractivity contribution is 6.12. The molecule has 2 nitrogen and oxygen atoms in total. The second-order valence-corrected chi connectivity index (χ2v) is 15.3. The number of fused-ring (bicyclic) bond motifs is 11. The van der Waals surface area contributed by atoms with Gasteiger partial charge in [0.1, 0.15) is 0 Å². The molecule has 2 aliphatic rings. The maximum absolute atomic E-state index is 2.43. The van der Waals surface area contributed by atoms with Crippen LogP contribution in [-0.4, -0.2) is 9.13 Å². The first-order chi connectivity index (χ1) is 27.8. The predicted octanol–water partition coefficient (Wildman–Crippen LogP) is 14.2. The van der Waals surface area contributed by atoms with Crippen molar-refractivity contribution in [3.63, 3.8) is 0 Å². The Morgan fingerprint density at radius 3 is 1.70 bits per heavy atom. The standard InChI is InChI=1S/C54H36N2/c1-2-13-41(14-3-1)55-51-19-8-6-17-47(51)49-33-38(24-29-53(49)55)39-25-30-54-50(34-39)48-18-7-9-20-52(48)56(54)42-15-10-12-36(32-42)37-22-26-44-40(31-37)23-28-45-43-16-5-4-11-35(43)21-27-46(44)45/h1-35,43H. The first-order valence-electron chi connectivity index (χ1n) is 19.6. The van der Waals surface area contributed by atoms with Crippen LogP contribution < -0.4 is 0 Å². The van der Waals surface area contributed by atoms with E-state index in [1.165, 1.54) is 93.5 Å². The van der Waals surface area contributed by atoms with Gasteiger partial charge in [-0.2, -0.15) is 0 Å². The van der Waals surface area contributed by atoms with Crippen molar-refractivity contribution in [2.75, 3.05) is 0 Å². The highest BCUT2D eigenvalue weighted by Gasteiger charge is 2.25. The topological polar surface area (TPSA) is 9.86 Å². The minimum Gasteiger partial charge on any atom is -0.309 e. The molecule has 2 unspecified atom stereocenters. The predicted molar refractivity (Wildman–Crippen MR) is 237 cm³/mol. The van der Waals surface area contributed by atoms with E-state index in [4.69, 9.17) is 0 Å². The third kappa shape index (κ3) is 4.69. The Kier molecular flexibility index (Phi) is 6.79. The monoisotopic (exact) mass is 712 g/mol. The summed E-state index contributed by atoms with van der Waals surface area (Å²) < 4.78 is 4.81. The van der Waals surface area contributed by atoms with Crippen molar-refractivity contribution >= 4 is 60.5 Å². The van der Waals surface area contributed by atoms with Crippen LogP contribution in [0.1, 0.15) is 17.0 Å². The summed E-state index contributed by atoms with van der Waals surface area (Å²) in [7, 11) is 0. The number of allylic oxidation sites excluding steroid dienone is 5. The third-order valence-corrected chi connectivity index (χ3v) is 12.2. The van der Waals surface area contributed by atoms with Gasteiger partial charge in [0.15, 0.2) is 0 Å². The van der Waals surface area contributed by atoms with Gasteiger partial charge in [-0.25, -0.2) is 0 Å². The van der Waals surface area contributed by atoms with Gasteiger partial charge in [0, 0.05) is 44.8 Å². The Labute approximate surface area is 325 Å². The molecular weight excluding hydrogens is 677 g/mol. The molecule has 10 aromatic rings. The minimum absolute atomic E-state index is 0.417. The van der Waals surface area contributed by atoms with E-state index in [0.29, 0.717) is 11.8 Å². The lowest BCUT2D eigenvalue weighted by atomic mass is 9.76. The highest BCUT2D eigenvalue weighted by Crippen LogP contribution is 2.42. The van der Waals surface area contributed by atoms with Crippen LogP contribution in [0.15, 0.2) is 200 Å². The molecule has 0 radical (unpaired) electrons. The van der Waals surface area contributed by atoms with Crippen molar-refractivity contribution in [3.05, 3.63) is 211 Å². The molecule has 8 aromatic carbocycles. The molecule has 0 saturated heterocycles. The molecule has 0 bridgehead atoms. The van der Waals surface area contributed by atoms with Crippen molar-refractivity contribution in [3.8, 4) is 33.6 Å². The second kappa shape index (κ2) is 12.2. The zero-order valence-electron chi connectivity index (χ0n) is 30.7. The fraction of sp³-hybridized carbons (Fsp3) is 0.0370. The van der Waals surface area contributed by atoms with Gasteiger partial charge < -0.3 is 9.13 Å². The van der Waals surface area contributed by atoms with Crippen LogP contribution in [0.3, 0.4) is 0 Å². The number of rotatable bonds is 4. The number of hydrogen-bond donors (Lipinski definition) is 0. The maximum atomic E-state index is 2.43. The van der Waals surface area contributed by atoms with E-state index in [9.17, 15) is 0 Å². The van der Waals surface area contributed by atoms with E-state index in [2.05, 4.69) is 215 Å². The van der Waals surface area contributed by atoms with Crippen molar-refractivity contribution in [2.45, 2.75) is 5.92 Å². The summed E-state index contributed by atoms with van der Waals surface area (Å²) in [5.41, 5.74) is 14.8. The van der Waals surface area contributed by atoms with Gasteiger partial charge >= 0.3 is 0 Å². The highest BCUT2D eigenvalue weighted by atomic mass is 15.0. The number of aromatic nitrogens is 2. The van der Waals surface area contributed by atoms with Crippen molar-refractivity contribution in [1.82, 2.24) is 9.13 Å². The summed E-state index contributed by atoms with van der Waals surface area (Å²) in [4.78, 5) is 0. The molecule has 56 heavy (non-hydrogen) atoms. The third-order valence-electron chi connectivity index (χ3n) is 12.2. The lowest BCUT2D eigenvalue weighted by Gasteiger charge is -2.28. The quantitative estimate of drug-likeness (QED) is 0.172. The number of hydrogen-bond acceptors (Lipinski definition) is 0.